The molecule has 3 amide bonds. The predicted molar refractivity (Wildman–Crippen MR) is 164 cm³/mol. The number of rotatable bonds is 9. The zero-order valence-electron chi connectivity index (χ0n) is 24.9. The summed E-state index contributed by atoms with van der Waals surface area (Å²) in [6.45, 7) is 5.21. The molecule has 1 aromatic heterocycles. The standard InChI is InChI=1S/C34H39FN4O4/c1-33(2,39-32(42)43)27-14-11-23(18-28(27)35)30-26(22-7-5-4-6-8-22)19-25(20-36-30)37-29(40)17-21-9-12-24(13-10-21)38-31(41)34(3)15-16-34/h4-8,11,14,18-21,24,39H,9-10,12-13,15-17H2,1-3H3,(H,37,40)(H,38,41)(H,42,43)/t21-,24-. The van der Waals surface area contributed by atoms with E-state index in [2.05, 4.69) is 20.9 Å². The van der Waals surface area contributed by atoms with Gasteiger partial charge in [0.05, 0.1) is 23.1 Å². The van der Waals surface area contributed by atoms with Crippen LogP contribution in [-0.2, 0) is 15.1 Å². The Balaban J connectivity index is 1.28. The Bertz CT molecular complexity index is 1510. The van der Waals surface area contributed by atoms with E-state index in [-0.39, 0.29) is 34.8 Å². The SMILES string of the molecule is CC1(C(=O)N[C@H]2CC[C@H](CC(=O)Nc3cnc(-c4ccc(C(C)(C)NC(=O)O)c(F)c4)c(-c4ccccc4)c3)CC2)CC1. The van der Waals surface area contributed by atoms with Crippen LogP contribution in [0.3, 0.4) is 0 Å². The van der Waals surface area contributed by atoms with E-state index in [0.29, 0.717) is 23.4 Å². The van der Waals surface area contributed by atoms with Crippen molar-refractivity contribution in [2.45, 2.75) is 77.3 Å². The molecule has 0 spiro atoms. The Labute approximate surface area is 251 Å². The van der Waals surface area contributed by atoms with E-state index in [1.807, 2.05) is 43.3 Å². The van der Waals surface area contributed by atoms with Gasteiger partial charge in [-0.05, 0) is 76.0 Å². The van der Waals surface area contributed by atoms with Crippen LogP contribution in [0.25, 0.3) is 22.4 Å². The minimum Gasteiger partial charge on any atom is -0.465 e. The van der Waals surface area contributed by atoms with Gasteiger partial charge in [-0.25, -0.2) is 9.18 Å². The van der Waals surface area contributed by atoms with Crippen molar-refractivity contribution in [3.63, 3.8) is 0 Å². The number of hydrogen-bond donors (Lipinski definition) is 4. The first-order valence-electron chi connectivity index (χ1n) is 14.9. The molecule has 43 heavy (non-hydrogen) atoms. The number of halogens is 1. The molecular formula is C34H39FN4O4. The van der Waals surface area contributed by atoms with Crippen LogP contribution < -0.4 is 16.0 Å². The third-order valence-corrected chi connectivity index (χ3v) is 8.80. The molecule has 0 aliphatic heterocycles. The zero-order valence-corrected chi connectivity index (χ0v) is 24.9. The Morgan fingerprint density at radius 2 is 1.70 bits per heavy atom. The van der Waals surface area contributed by atoms with Crippen LogP contribution in [-0.4, -0.2) is 34.0 Å². The van der Waals surface area contributed by atoms with Crippen LogP contribution in [0.15, 0.2) is 60.8 Å². The molecule has 0 atom stereocenters. The number of nitrogens with zero attached hydrogens (tertiary/aromatic N) is 1. The smallest absolute Gasteiger partial charge is 0.405 e. The lowest BCUT2D eigenvalue weighted by Gasteiger charge is -2.29. The van der Waals surface area contributed by atoms with Crippen LogP contribution in [0.1, 0.15) is 71.3 Å². The van der Waals surface area contributed by atoms with Crippen LogP contribution >= 0.6 is 0 Å². The Hall–Kier alpha value is -4.27. The number of carboxylic acid groups (broad SMARTS) is 1. The highest BCUT2D eigenvalue weighted by Crippen LogP contribution is 2.45. The molecule has 9 heteroatoms. The molecule has 0 saturated heterocycles. The second-order valence-corrected chi connectivity index (χ2v) is 12.7. The Morgan fingerprint density at radius 3 is 2.33 bits per heavy atom. The quantitative estimate of drug-likeness (QED) is 0.218. The van der Waals surface area contributed by atoms with Gasteiger partial charge < -0.3 is 21.1 Å². The van der Waals surface area contributed by atoms with Crippen molar-refractivity contribution in [3.8, 4) is 22.4 Å². The summed E-state index contributed by atoms with van der Waals surface area (Å²) in [6.07, 6.45) is 6.20. The zero-order chi connectivity index (χ0) is 30.8. The first kappa shape index (κ1) is 30.2. The van der Waals surface area contributed by atoms with Gasteiger partial charge in [0, 0.05) is 34.6 Å². The third-order valence-electron chi connectivity index (χ3n) is 8.80. The van der Waals surface area contributed by atoms with Gasteiger partial charge in [-0.2, -0.15) is 0 Å². The molecule has 2 aliphatic carbocycles. The van der Waals surface area contributed by atoms with Gasteiger partial charge in [-0.1, -0.05) is 49.4 Å². The first-order valence-corrected chi connectivity index (χ1v) is 14.9. The van der Waals surface area contributed by atoms with Gasteiger partial charge in [-0.3, -0.25) is 14.6 Å². The lowest BCUT2D eigenvalue weighted by molar-refractivity contribution is -0.127. The number of pyridine rings is 1. The van der Waals surface area contributed by atoms with Crippen LogP contribution in [0.5, 0.6) is 0 Å². The lowest BCUT2D eigenvalue weighted by atomic mass is 9.83. The van der Waals surface area contributed by atoms with E-state index in [1.165, 1.54) is 6.07 Å². The molecular weight excluding hydrogens is 547 g/mol. The normalized spacial score (nSPS) is 19.3. The summed E-state index contributed by atoms with van der Waals surface area (Å²) in [5, 5.41) is 17.7. The van der Waals surface area contributed by atoms with E-state index >= 15 is 4.39 Å². The summed E-state index contributed by atoms with van der Waals surface area (Å²) < 4.78 is 15.3. The molecule has 4 N–H and O–H groups in total. The minimum atomic E-state index is -1.24. The molecule has 0 radical (unpaired) electrons. The number of hydrogen-bond acceptors (Lipinski definition) is 4. The summed E-state index contributed by atoms with van der Waals surface area (Å²) in [6, 6.07) is 16.2. The molecule has 2 aromatic carbocycles. The van der Waals surface area contributed by atoms with Crippen LogP contribution in [0.4, 0.5) is 14.9 Å². The highest BCUT2D eigenvalue weighted by atomic mass is 19.1. The molecule has 5 rings (SSSR count). The number of benzene rings is 2. The van der Waals surface area contributed by atoms with Crippen LogP contribution in [0.2, 0.25) is 0 Å². The van der Waals surface area contributed by atoms with Crippen molar-refractivity contribution >= 4 is 23.6 Å². The predicted octanol–water partition coefficient (Wildman–Crippen LogP) is 6.86. The Kier molecular flexibility index (Phi) is 8.53. The molecule has 1 heterocycles. The lowest BCUT2D eigenvalue weighted by Crippen LogP contribution is -2.41. The maximum absolute atomic E-state index is 15.3. The molecule has 3 aromatic rings. The van der Waals surface area contributed by atoms with Crippen molar-refractivity contribution in [1.29, 1.82) is 0 Å². The minimum absolute atomic E-state index is 0.0879. The van der Waals surface area contributed by atoms with Crippen molar-refractivity contribution in [2.24, 2.45) is 11.3 Å². The van der Waals surface area contributed by atoms with Crippen molar-refractivity contribution < 1.29 is 23.9 Å². The average molecular weight is 587 g/mol. The second-order valence-electron chi connectivity index (χ2n) is 12.7. The average Bonchev–Trinajstić information content (AvgIpc) is 3.72. The van der Waals surface area contributed by atoms with E-state index in [4.69, 9.17) is 5.11 Å². The van der Waals surface area contributed by atoms with Gasteiger partial charge in [0.25, 0.3) is 0 Å². The molecule has 2 saturated carbocycles. The number of carbonyl (C=O) groups is 3. The molecule has 0 unspecified atom stereocenters. The third kappa shape index (κ3) is 7.21. The summed E-state index contributed by atoms with van der Waals surface area (Å²) in [5.41, 5.74) is 2.14. The maximum Gasteiger partial charge on any atom is 0.405 e. The summed E-state index contributed by atoms with van der Waals surface area (Å²) >= 11 is 0. The van der Waals surface area contributed by atoms with Gasteiger partial charge in [0.15, 0.2) is 0 Å². The van der Waals surface area contributed by atoms with Gasteiger partial charge in [0.2, 0.25) is 11.8 Å². The largest absolute Gasteiger partial charge is 0.465 e. The van der Waals surface area contributed by atoms with Crippen molar-refractivity contribution in [3.05, 3.63) is 72.2 Å². The highest BCUT2D eigenvalue weighted by Gasteiger charge is 2.45. The topological polar surface area (TPSA) is 120 Å². The van der Waals surface area contributed by atoms with Crippen molar-refractivity contribution in [2.75, 3.05) is 5.32 Å². The van der Waals surface area contributed by atoms with Crippen molar-refractivity contribution in [1.82, 2.24) is 15.6 Å². The Morgan fingerprint density at radius 1 is 1.00 bits per heavy atom. The monoisotopic (exact) mass is 586 g/mol. The highest BCUT2D eigenvalue weighted by molar-refractivity contribution is 5.93. The molecule has 8 nitrogen and oxygen atoms in total. The first-order chi connectivity index (χ1) is 20.4. The fourth-order valence-corrected chi connectivity index (χ4v) is 5.86. The number of anilines is 1. The van der Waals surface area contributed by atoms with Gasteiger partial charge in [-0.15, -0.1) is 0 Å². The molecule has 0 bridgehead atoms. The number of amides is 3. The maximum atomic E-state index is 15.3. The number of aromatic nitrogens is 1. The second kappa shape index (κ2) is 12.1. The van der Waals surface area contributed by atoms with E-state index in [1.54, 1.807) is 32.2 Å². The van der Waals surface area contributed by atoms with Gasteiger partial charge >= 0.3 is 6.09 Å². The van der Waals surface area contributed by atoms with Gasteiger partial charge in [0.1, 0.15) is 5.82 Å². The summed E-state index contributed by atoms with van der Waals surface area (Å²) in [7, 11) is 0. The molecule has 2 aliphatic rings. The fraction of sp³-hybridized carbons (Fsp3) is 0.412. The summed E-state index contributed by atoms with van der Waals surface area (Å²) in [4.78, 5) is 41.3. The molecule has 226 valence electrons. The molecule has 2 fully saturated rings. The number of nitrogens with one attached hydrogen (secondary N) is 3. The number of carbonyl (C=O) groups excluding carboxylic acids is 2. The van der Waals surface area contributed by atoms with E-state index in [9.17, 15) is 14.4 Å². The van der Waals surface area contributed by atoms with E-state index < -0.39 is 17.4 Å². The van der Waals surface area contributed by atoms with E-state index in [0.717, 1.165) is 49.7 Å². The van der Waals surface area contributed by atoms with Crippen LogP contribution in [0, 0.1) is 17.2 Å². The fourth-order valence-electron chi connectivity index (χ4n) is 5.86. The summed E-state index contributed by atoms with van der Waals surface area (Å²) in [5.74, 6) is -0.219.